The molecule has 1 aromatic heterocycles. The molecule has 2 aromatic rings. The summed E-state index contributed by atoms with van der Waals surface area (Å²) in [6.45, 7) is 1.70. The van der Waals surface area contributed by atoms with Crippen molar-refractivity contribution in [1.82, 2.24) is 15.0 Å². The number of carbonyl (C=O) groups excluding carboxylic acids is 2. The van der Waals surface area contributed by atoms with Crippen molar-refractivity contribution >= 4 is 32.7 Å². The van der Waals surface area contributed by atoms with Gasteiger partial charge in [0.05, 0.1) is 11.3 Å². The summed E-state index contributed by atoms with van der Waals surface area (Å²) in [6.07, 6.45) is 5.36. The summed E-state index contributed by atoms with van der Waals surface area (Å²) in [5, 5.41) is 3.65. The third-order valence-electron chi connectivity index (χ3n) is 4.94. The molecule has 1 atom stereocenters. The second kappa shape index (κ2) is 8.68. The van der Waals surface area contributed by atoms with Crippen molar-refractivity contribution in [3.8, 4) is 0 Å². The van der Waals surface area contributed by atoms with Crippen molar-refractivity contribution in [2.45, 2.75) is 50.8 Å². The molecule has 0 unspecified atom stereocenters. The van der Waals surface area contributed by atoms with Crippen molar-refractivity contribution in [3.05, 3.63) is 42.1 Å². The van der Waals surface area contributed by atoms with Gasteiger partial charge in [-0.1, -0.05) is 37.1 Å². The molecule has 2 N–H and O–H groups in total. The summed E-state index contributed by atoms with van der Waals surface area (Å²) in [4.78, 5) is 28.5. The largest absolute Gasteiger partial charge is 0.353 e. The van der Waals surface area contributed by atoms with Gasteiger partial charge in [0.25, 0.3) is 0 Å². The highest BCUT2D eigenvalue weighted by Gasteiger charge is 2.25. The number of fused-ring (bicyclic) bond motifs is 1. The van der Waals surface area contributed by atoms with E-state index in [2.05, 4.69) is 15.0 Å². The van der Waals surface area contributed by atoms with Gasteiger partial charge in [0.2, 0.25) is 21.8 Å². The molecule has 0 radical (unpaired) electrons. The molecule has 150 valence electrons. The Morgan fingerprint density at radius 3 is 2.64 bits per heavy atom. The number of carbonyl (C=O) groups is 2. The van der Waals surface area contributed by atoms with Crippen LogP contribution in [0.25, 0.3) is 10.9 Å². The number of aromatic nitrogens is 1. The molecule has 2 amide bonds. The maximum Gasteiger partial charge on any atom is 0.239 e. The van der Waals surface area contributed by atoms with Gasteiger partial charge >= 0.3 is 0 Å². The maximum absolute atomic E-state index is 12.4. The van der Waals surface area contributed by atoms with E-state index in [4.69, 9.17) is 0 Å². The number of pyridine rings is 1. The van der Waals surface area contributed by atoms with Crippen LogP contribution in [0.5, 0.6) is 0 Å². The molecule has 1 aliphatic rings. The third-order valence-corrected chi connectivity index (χ3v) is 6.17. The fraction of sp³-hybridized carbons (Fsp3) is 0.450. The minimum atomic E-state index is -3.87. The Hall–Kier alpha value is -2.48. The molecule has 1 aliphatic carbocycles. The van der Waals surface area contributed by atoms with Crippen molar-refractivity contribution in [1.29, 1.82) is 0 Å². The van der Waals surface area contributed by atoms with Gasteiger partial charge in [-0.3, -0.25) is 19.3 Å². The van der Waals surface area contributed by atoms with Crippen LogP contribution in [0.4, 0.5) is 0 Å². The zero-order valence-corrected chi connectivity index (χ0v) is 16.7. The first-order chi connectivity index (χ1) is 13.3. The molecular weight excluding hydrogens is 378 g/mol. The average molecular weight is 404 g/mol. The van der Waals surface area contributed by atoms with Crippen LogP contribution in [-0.4, -0.2) is 31.3 Å². The van der Waals surface area contributed by atoms with Gasteiger partial charge in [-0.25, -0.2) is 8.42 Å². The van der Waals surface area contributed by atoms with Crippen LogP contribution in [0.1, 0.15) is 44.6 Å². The van der Waals surface area contributed by atoms with E-state index in [0.717, 1.165) is 31.1 Å². The highest BCUT2D eigenvalue weighted by molar-refractivity contribution is 7.89. The van der Waals surface area contributed by atoms with Crippen molar-refractivity contribution in [2.75, 3.05) is 0 Å². The Morgan fingerprint density at radius 2 is 1.89 bits per heavy atom. The van der Waals surface area contributed by atoms with Gasteiger partial charge in [0.15, 0.2) is 0 Å². The highest BCUT2D eigenvalue weighted by atomic mass is 32.2. The molecule has 1 heterocycles. The molecule has 1 aromatic carbocycles. The van der Waals surface area contributed by atoms with Gasteiger partial charge in [-0.2, -0.15) is 0 Å². The summed E-state index contributed by atoms with van der Waals surface area (Å²) in [5.41, 5.74) is 1.13. The van der Waals surface area contributed by atoms with Crippen LogP contribution in [0.3, 0.4) is 0 Å². The predicted octanol–water partition coefficient (Wildman–Crippen LogP) is 2.27. The first kappa shape index (κ1) is 20.3. The van der Waals surface area contributed by atoms with Crippen molar-refractivity contribution in [2.24, 2.45) is 5.92 Å². The molecule has 3 rings (SSSR count). The second-order valence-corrected chi connectivity index (χ2v) is 9.09. The lowest BCUT2D eigenvalue weighted by Crippen LogP contribution is -2.41. The second-order valence-electron chi connectivity index (χ2n) is 7.37. The molecule has 28 heavy (non-hydrogen) atoms. The number of sulfonamides is 1. The fourth-order valence-electron chi connectivity index (χ4n) is 3.62. The molecule has 7 nitrogen and oxygen atoms in total. The van der Waals surface area contributed by atoms with Gasteiger partial charge in [-0.05, 0) is 31.4 Å². The molecule has 0 spiro atoms. The van der Waals surface area contributed by atoms with Crippen LogP contribution in [0, 0.1) is 5.92 Å². The number of benzene rings is 1. The SMILES string of the molecule is C[C@H](CC(=O)NS(=O)(=O)Cc1cccc2cccnc12)NC(=O)C1CCCC1. The van der Waals surface area contributed by atoms with E-state index in [9.17, 15) is 18.0 Å². The Labute approximate surface area is 165 Å². The summed E-state index contributed by atoms with van der Waals surface area (Å²) in [7, 11) is -3.87. The van der Waals surface area contributed by atoms with E-state index in [1.807, 2.05) is 12.1 Å². The van der Waals surface area contributed by atoms with E-state index in [1.165, 1.54) is 0 Å². The molecule has 1 saturated carbocycles. The quantitative estimate of drug-likeness (QED) is 0.738. The molecular formula is C20H25N3O4S. The predicted molar refractivity (Wildman–Crippen MR) is 107 cm³/mol. The summed E-state index contributed by atoms with van der Waals surface area (Å²) in [6, 6.07) is 8.50. The number of hydrogen-bond acceptors (Lipinski definition) is 5. The monoisotopic (exact) mass is 403 g/mol. The molecule has 1 fully saturated rings. The third kappa shape index (κ3) is 5.28. The smallest absolute Gasteiger partial charge is 0.239 e. The number of para-hydroxylation sites is 1. The van der Waals surface area contributed by atoms with E-state index in [-0.39, 0.29) is 24.0 Å². The van der Waals surface area contributed by atoms with E-state index >= 15 is 0 Å². The first-order valence-electron chi connectivity index (χ1n) is 9.50. The van der Waals surface area contributed by atoms with Crippen molar-refractivity contribution in [3.63, 3.8) is 0 Å². The number of amides is 2. The highest BCUT2D eigenvalue weighted by Crippen LogP contribution is 2.24. The molecule has 0 bridgehead atoms. The van der Waals surface area contributed by atoms with Gasteiger partial charge in [-0.15, -0.1) is 0 Å². The van der Waals surface area contributed by atoms with E-state index < -0.39 is 22.0 Å². The number of rotatable bonds is 7. The normalized spacial score (nSPS) is 16.0. The Bertz CT molecular complexity index is 963. The van der Waals surface area contributed by atoms with E-state index in [0.29, 0.717) is 11.1 Å². The Morgan fingerprint density at radius 1 is 1.18 bits per heavy atom. The summed E-state index contributed by atoms with van der Waals surface area (Å²) >= 11 is 0. The van der Waals surface area contributed by atoms with E-state index in [1.54, 1.807) is 31.3 Å². The average Bonchev–Trinajstić information content (AvgIpc) is 3.15. The Kier molecular flexibility index (Phi) is 6.28. The van der Waals surface area contributed by atoms with Gasteiger partial charge in [0, 0.05) is 30.0 Å². The van der Waals surface area contributed by atoms with Gasteiger partial charge in [0.1, 0.15) is 0 Å². The fourth-order valence-corrected chi connectivity index (χ4v) is 4.76. The van der Waals surface area contributed by atoms with Crippen LogP contribution < -0.4 is 10.0 Å². The van der Waals surface area contributed by atoms with Crippen molar-refractivity contribution < 1.29 is 18.0 Å². The number of nitrogens with one attached hydrogen (secondary N) is 2. The zero-order valence-electron chi connectivity index (χ0n) is 15.8. The molecule has 8 heteroatoms. The lowest BCUT2D eigenvalue weighted by molar-refractivity contribution is -0.125. The summed E-state index contributed by atoms with van der Waals surface area (Å²) in [5.74, 6) is -1.02. The molecule has 0 saturated heterocycles. The van der Waals surface area contributed by atoms with Crippen LogP contribution in [0.2, 0.25) is 0 Å². The maximum atomic E-state index is 12.4. The van der Waals surface area contributed by atoms with Crippen LogP contribution >= 0.6 is 0 Å². The van der Waals surface area contributed by atoms with Crippen LogP contribution in [0.15, 0.2) is 36.5 Å². The lowest BCUT2D eigenvalue weighted by atomic mass is 10.1. The minimum Gasteiger partial charge on any atom is -0.353 e. The Balaban J connectivity index is 1.57. The summed E-state index contributed by atoms with van der Waals surface area (Å²) < 4.78 is 26.9. The van der Waals surface area contributed by atoms with Crippen LogP contribution in [-0.2, 0) is 25.4 Å². The standard InChI is InChI=1S/C20H25N3O4S/c1-14(22-20(25)16-6-2-3-7-16)12-18(24)23-28(26,27)13-17-9-4-8-15-10-5-11-21-19(15)17/h4-5,8-11,14,16H,2-3,6-7,12-13H2,1H3,(H,22,25)(H,23,24)/t14-/m1/s1. The minimum absolute atomic E-state index is 0.00751. The zero-order chi connectivity index (χ0) is 20.1. The molecule has 0 aliphatic heterocycles. The number of hydrogen-bond donors (Lipinski definition) is 2. The van der Waals surface area contributed by atoms with Gasteiger partial charge < -0.3 is 5.32 Å². The lowest BCUT2D eigenvalue weighted by Gasteiger charge is -2.17. The number of nitrogens with zero attached hydrogens (tertiary/aromatic N) is 1. The first-order valence-corrected chi connectivity index (χ1v) is 11.2. The topological polar surface area (TPSA) is 105 Å².